The van der Waals surface area contributed by atoms with Gasteiger partial charge in [-0.3, -0.25) is 14.4 Å². The van der Waals surface area contributed by atoms with Crippen molar-refractivity contribution in [2.45, 2.75) is 245 Å². The second-order valence-electron chi connectivity index (χ2n) is 19.9. The lowest BCUT2D eigenvalue weighted by Crippen LogP contribution is -2.30. The van der Waals surface area contributed by atoms with Crippen LogP contribution in [0.15, 0.2) is 182 Å². The average Bonchev–Trinajstić information content (AvgIpc) is 3.45. The Morgan fingerprint density at radius 1 is 0.266 bits per heavy atom. The number of allylic oxidation sites excluding steroid dienone is 30. The summed E-state index contributed by atoms with van der Waals surface area (Å²) in [5, 5.41) is 0. The third-order valence-corrected chi connectivity index (χ3v) is 12.4. The predicted octanol–water partition coefficient (Wildman–Crippen LogP) is 21.7. The summed E-state index contributed by atoms with van der Waals surface area (Å²) in [4.78, 5) is 38.2. The second kappa shape index (κ2) is 65.0. The van der Waals surface area contributed by atoms with Gasteiger partial charge in [-0.15, -0.1) is 0 Å². The number of carbonyl (C=O) groups excluding carboxylic acids is 3. The van der Waals surface area contributed by atoms with Crippen LogP contribution in [0.25, 0.3) is 0 Å². The van der Waals surface area contributed by atoms with Gasteiger partial charge in [0.25, 0.3) is 0 Å². The van der Waals surface area contributed by atoms with Gasteiger partial charge in [0.15, 0.2) is 6.10 Å². The Labute approximate surface area is 484 Å². The summed E-state index contributed by atoms with van der Waals surface area (Å²) in [6.45, 7) is 6.30. The van der Waals surface area contributed by atoms with Crippen LogP contribution in [0.1, 0.15) is 239 Å². The van der Waals surface area contributed by atoms with Gasteiger partial charge in [-0.2, -0.15) is 0 Å². The highest BCUT2D eigenvalue weighted by Crippen LogP contribution is 2.13. The van der Waals surface area contributed by atoms with E-state index in [2.05, 4.69) is 191 Å². The monoisotopic (exact) mass is 1080 g/mol. The molecule has 0 bridgehead atoms. The van der Waals surface area contributed by atoms with Crippen molar-refractivity contribution in [3.8, 4) is 0 Å². The Balaban J connectivity index is 4.47. The zero-order valence-corrected chi connectivity index (χ0v) is 50.3. The van der Waals surface area contributed by atoms with Crippen molar-refractivity contribution in [2.24, 2.45) is 0 Å². The van der Waals surface area contributed by atoms with Crippen molar-refractivity contribution in [3.05, 3.63) is 182 Å². The number of ether oxygens (including phenoxy) is 3. The molecule has 0 aliphatic rings. The van der Waals surface area contributed by atoms with Gasteiger partial charge in [0.05, 0.1) is 0 Å². The van der Waals surface area contributed by atoms with E-state index in [1.54, 1.807) is 0 Å². The molecule has 6 heteroatoms. The van der Waals surface area contributed by atoms with Crippen LogP contribution < -0.4 is 0 Å². The molecule has 0 saturated carbocycles. The molecule has 6 nitrogen and oxygen atoms in total. The number of carbonyl (C=O) groups is 3. The molecular formula is C73H112O6. The van der Waals surface area contributed by atoms with E-state index < -0.39 is 12.1 Å². The fourth-order valence-electron chi connectivity index (χ4n) is 7.81. The highest BCUT2D eigenvalue weighted by molar-refractivity contribution is 5.71. The smallest absolute Gasteiger partial charge is 0.306 e. The number of hydrogen-bond acceptors (Lipinski definition) is 6. The van der Waals surface area contributed by atoms with Crippen molar-refractivity contribution < 1.29 is 28.6 Å². The minimum absolute atomic E-state index is 0.126. The van der Waals surface area contributed by atoms with Gasteiger partial charge in [0.1, 0.15) is 13.2 Å². The average molecular weight is 1090 g/mol. The van der Waals surface area contributed by atoms with Gasteiger partial charge in [0.2, 0.25) is 0 Å². The summed E-state index contributed by atoms with van der Waals surface area (Å²) in [6, 6.07) is 0. The first-order chi connectivity index (χ1) is 39.0. The van der Waals surface area contributed by atoms with Crippen LogP contribution in [0, 0.1) is 0 Å². The molecule has 79 heavy (non-hydrogen) atoms. The van der Waals surface area contributed by atoms with Gasteiger partial charge < -0.3 is 14.2 Å². The maximum atomic E-state index is 12.8. The molecule has 0 spiro atoms. The summed E-state index contributed by atoms with van der Waals surface area (Å²) in [6.07, 6.45) is 97.7. The Kier molecular flexibility index (Phi) is 60.5. The van der Waals surface area contributed by atoms with Crippen LogP contribution in [0.3, 0.4) is 0 Å². The molecule has 0 rings (SSSR count). The van der Waals surface area contributed by atoms with Gasteiger partial charge in [-0.05, 0) is 128 Å². The Morgan fingerprint density at radius 2 is 0.519 bits per heavy atom. The van der Waals surface area contributed by atoms with Gasteiger partial charge >= 0.3 is 17.9 Å². The lowest BCUT2D eigenvalue weighted by atomic mass is 10.1. The first-order valence-corrected chi connectivity index (χ1v) is 31.3. The van der Waals surface area contributed by atoms with Crippen molar-refractivity contribution in [2.75, 3.05) is 13.2 Å². The lowest BCUT2D eigenvalue weighted by molar-refractivity contribution is -0.166. The van der Waals surface area contributed by atoms with Crippen LogP contribution in [0.2, 0.25) is 0 Å². The topological polar surface area (TPSA) is 78.9 Å². The molecular weight excluding hydrogens is 973 g/mol. The molecule has 0 radical (unpaired) electrons. The van der Waals surface area contributed by atoms with Gasteiger partial charge in [0, 0.05) is 19.3 Å². The molecule has 0 fully saturated rings. The molecule has 0 aliphatic carbocycles. The fourth-order valence-corrected chi connectivity index (χ4v) is 7.81. The van der Waals surface area contributed by atoms with E-state index in [9.17, 15) is 14.4 Å². The quantitative estimate of drug-likeness (QED) is 0.0261. The third-order valence-electron chi connectivity index (χ3n) is 12.4. The molecule has 0 aromatic heterocycles. The SMILES string of the molecule is CC/C=C\C/C=C\C/C=C\C/C=C\C/C=C\C/C=C\C/C=C\C/C=C\C/C=C\CCCCCC(=O)OCC(COC(=O)CCCCCCCCCCCCC)OC(=O)CC/C=C\C/C=C\C/C=C\C/C=C\C/C=C\C/C=C\CC. The van der Waals surface area contributed by atoms with Crippen molar-refractivity contribution >= 4 is 17.9 Å². The molecule has 0 saturated heterocycles. The minimum Gasteiger partial charge on any atom is -0.462 e. The van der Waals surface area contributed by atoms with E-state index in [-0.39, 0.29) is 31.6 Å². The number of rotatable bonds is 54. The zero-order valence-electron chi connectivity index (χ0n) is 50.3. The molecule has 1 unspecified atom stereocenters. The highest BCUT2D eigenvalue weighted by atomic mass is 16.6. The van der Waals surface area contributed by atoms with E-state index in [4.69, 9.17) is 14.2 Å². The Morgan fingerprint density at radius 3 is 0.823 bits per heavy atom. The third kappa shape index (κ3) is 63.2. The van der Waals surface area contributed by atoms with Crippen molar-refractivity contribution in [3.63, 3.8) is 0 Å². The molecule has 0 heterocycles. The van der Waals surface area contributed by atoms with Crippen molar-refractivity contribution in [1.82, 2.24) is 0 Å². The van der Waals surface area contributed by atoms with Crippen LogP contribution in [0.5, 0.6) is 0 Å². The van der Waals surface area contributed by atoms with E-state index in [1.807, 2.05) is 12.2 Å². The van der Waals surface area contributed by atoms with E-state index in [1.165, 1.54) is 51.4 Å². The van der Waals surface area contributed by atoms with Crippen molar-refractivity contribution in [1.29, 1.82) is 0 Å². The summed E-state index contributed by atoms with van der Waals surface area (Å²) in [7, 11) is 0. The molecule has 0 amide bonds. The first kappa shape index (κ1) is 73.5. The maximum Gasteiger partial charge on any atom is 0.306 e. The molecule has 0 aliphatic heterocycles. The van der Waals surface area contributed by atoms with Crippen LogP contribution in [0.4, 0.5) is 0 Å². The maximum absolute atomic E-state index is 12.8. The molecule has 1 atom stereocenters. The normalized spacial score (nSPS) is 13.4. The van der Waals surface area contributed by atoms with Crippen LogP contribution >= 0.6 is 0 Å². The van der Waals surface area contributed by atoms with Crippen LogP contribution in [-0.2, 0) is 28.6 Å². The van der Waals surface area contributed by atoms with Gasteiger partial charge in [-0.25, -0.2) is 0 Å². The molecule has 0 N–H and O–H groups in total. The lowest BCUT2D eigenvalue weighted by Gasteiger charge is -2.18. The Bertz CT molecular complexity index is 1870. The summed E-state index contributed by atoms with van der Waals surface area (Å²) in [5.41, 5.74) is 0. The molecule has 440 valence electrons. The second-order valence-corrected chi connectivity index (χ2v) is 19.9. The van der Waals surface area contributed by atoms with E-state index in [0.717, 1.165) is 141 Å². The minimum atomic E-state index is -0.841. The highest BCUT2D eigenvalue weighted by Gasteiger charge is 2.19. The van der Waals surface area contributed by atoms with E-state index >= 15 is 0 Å². The molecule has 0 aromatic carbocycles. The summed E-state index contributed by atoms with van der Waals surface area (Å²) in [5.74, 6) is -1.06. The first-order valence-electron chi connectivity index (χ1n) is 31.3. The molecule has 0 aromatic rings. The summed E-state index contributed by atoms with van der Waals surface area (Å²) < 4.78 is 16.8. The standard InChI is InChI=1S/C73H112O6/c1-4-7-10-13-16-19-22-24-26-28-30-31-32-33-34-35-36-37-38-39-40-41-43-44-46-48-51-54-57-60-63-66-72(75)78-69-70(68-77-71(74)65-62-59-56-53-50-21-18-15-12-9-6-3)79-73(76)67-64-61-58-55-52-49-47-45-42-29-27-25-23-20-17-14-11-8-5-2/h7-8,10-11,16-17,19-20,24-27,30-31,33-34,36-37,39-40,42-45,48-49,51-52,58,61,70H,4-6,9,12-15,18,21-23,28-29,32,35,38,41,46-47,50,53-57,59-60,62-69H2,1-3H3/b10-7-,11-8-,19-16-,20-17-,26-24-,27-25-,31-30-,34-33-,37-36-,40-39-,44-43-,45-42-,51-48-,52-49-,61-58-. The summed E-state index contributed by atoms with van der Waals surface area (Å²) >= 11 is 0. The van der Waals surface area contributed by atoms with Gasteiger partial charge in [-0.1, -0.05) is 274 Å². The van der Waals surface area contributed by atoms with Crippen LogP contribution in [-0.4, -0.2) is 37.2 Å². The number of esters is 3. The fraction of sp³-hybridized carbons (Fsp3) is 0.548. The largest absolute Gasteiger partial charge is 0.462 e. The number of hydrogen-bond donors (Lipinski definition) is 0. The zero-order chi connectivity index (χ0) is 57.1. The Hall–Kier alpha value is -5.49. The van der Waals surface area contributed by atoms with E-state index in [0.29, 0.717) is 19.3 Å². The predicted molar refractivity (Wildman–Crippen MR) is 343 cm³/mol. The number of unbranched alkanes of at least 4 members (excludes halogenated alkanes) is 13.